The van der Waals surface area contributed by atoms with Crippen LogP contribution in [0.4, 0.5) is 0 Å². The second kappa shape index (κ2) is 43.1. The van der Waals surface area contributed by atoms with E-state index in [-0.39, 0.29) is 18.5 Å². The topological polar surface area (TPSA) is 95.9 Å². The van der Waals surface area contributed by atoms with Gasteiger partial charge in [-0.15, -0.1) is 0 Å². The third kappa shape index (κ3) is 39.8. The van der Waals surface area contributed by atoms with Gasteiger partial charge in [-0.1, -0.05) is 192 Å². The molecule has 0 aliphatic carbocycles. The summed E-state index contributed by atoms with van der Waals surface area (Å²) < 4.78 is 5.44. The van der Waals surface area contributed by atoms with Crippen molar-refractivity contribution in [3.05, 3.63) is 24.3 Å². The normalized spacial score (nSPS) is 12.9. The van der Waals surface area contributed by atoms with Crippen LogP contribution in [0.15, 0.2) is 24.3 Å². The first kappa shape index (κ1) is 51.3. The van der Waals surface area contributed by atoms with E-state index in [4.69, 9.17) is 4.74 Å². The molecule has 0 spiro atoms. The number of rotatable bonds is 42. The first-order chi connectivity index (χ1) is 26.0. The lowest BCUT2D eigenvalue weighted by Gasteiger charge is -2.20. The second-order valence-electron chi connectivity index (χ2n) is 15.7. The number of ether oxygens (including phenoxy) is 1. The van der Waals surface area contributed by atoms with Gasteiger partial charge < -0.3 is 20.3 Å². The molecule has 6 heteroatoms. The van der Waals surface area contributed by atoms with Crippen molar-refractivity contribution < 1.29 is 24.5 Å². The van der Waals surface area contributed by atoms with Crippen LogP contribution in [-0.4, -0.2) is 47.4 Å². The third-order valence-electron chi connectivity index (χ3n) is 10.5. The van der Waals surface area contributed by atoms with Crippen molar-refractivity contribution in [3.8, 4) is 0 Å². The van der Waals surface area contributed by atoms with Crippen LogP contribution in [0.3, 0.4) is 0 Å². The standard InChI is InChI=1S/C47H89NO5/c1-3-5-7-9-11-13-15-16-17-18-19-20-25-29-33-37-41-47(52)53-42-38-34-30-26-22-21-24-28-32-36-40-46(51)48-44(43-49)45(50)39-35-31-27-23-14-12-10-8-6-4-2/h17-18,35,39,44-45,49-50H,3-16,19-34,36-38,40-43H2,1-2H3,(H,48,51)/b18-17-,39-35+. The predicted molar refractivity (Wildman–Crippen MR) is 227 cm³/mol. The zero-order chi connectivity index (χ0) is 38.7. The smallest absolute Gasteiger partial charge is 0.305 e. The molecule has 2 unspecified atom stereocenters. The fourth-order valence-electron chi connectivity index (χ4n) is 6.86. The number of esters is 1. The van der Waals surface area contributed by atoms with Gasteiger partial charge in [0.05, 0.1) is 25.4 Å². The summed E-state index contributed by atoms with van der Waals surface area (Å²) >= 11 is 0. The van der Waals surface area contributed by atoms with E-state index >= 15 is 0 Å². The van der Waals surface area contributed by atoms with E-state index in [1.807, 2.05) is 6.08 Å². The quantitative estimate of drug-likeness (QED) is 0.0328. The fraction of sp³-hybridized carbons (Fsp3) is 0.872. The number of hydrogen-bond acceptors (Lipinski definition) is 5. The molecule has 53 heavy (non-hydrogen) atoms. The van der Waals surface area contributed by atoms with E-state index in [1.165, 1.54) is 154 Å². The largest absolute Gasteiger partial charge is 0.466 e. The SMILES string of the molecule is CCCCCCCCC/C=C\CCCCCCCC(=O)OCCCCCCCCCCCCC(=O)NC(CO)C(O)/C=C/CCCCCCCCCC. The summed E-state index contributed by atoms with van der Waals surface area (Å²) in [6.45, 7) is 4.81. The maximum Gasteiger partial charge on any atom is 0.305 e. The second-order valence-corrected chi connectivity index (χ2v) is 15.7. The lowest BCUT2D eigenvalue weighted by atomic mass is 10.1. The number of carbonyl (C=O) groups is 2. The average Bonchev–Trinajstić information content (AvgIpc) is 3.16. The monoisotopic (exact) mass is 748 g/mol. The Morgan fingerprint density at radius 1 is 0.509 bits per heavy atom. The molecule has 0 saturated heterocycles. The van der Waals surface area contributed by atoms with E-state index in [9.17, 15) is 19.8 Å². The van der Waals surface area contributed by atoms with Crippen LogP contribution in [0, 0.1) is 0 Å². The van der Waals surface area contributed by atoms with E-state index in [0.717, 1.165) is 57.8 Å². The molecule has 0 radical (unpaired) electrons. The van der Waals surface area contributed by atoms with E-state index in [0.29, 0.717) is 19.4 Å². The van der Waals surface area contributed by atoms with E-state index < -0.39 is 12.1 Å². The maximum absolute atomic E-state index is 12.3. The lowest BCUT2D eigenvalue weighted by Crippen LogP contribution is -2.45. The third-order valence-corrected chi connectivity index (χ3v) is 10.5. The van der Waals surface area contributed by atoms with Crippen LogP contribution in [0.2, 0.25) is 0 Å². The van der Waals surface area contributed by atoms with Crippen molar-refractivity contribution in [1.29, 1.82) is 0 Å². The molecule has 0 aromatic carbocycles. The van der Waals surface area contributed by atoms with Gasteiger partial charge >= 0.3 is 5.97 Å². The molecule has 0 rings (SSSR count). The average molecular weight is 748 g/mol. The molecule has 0 aliphatic rings. The number of carbonyl (C=O) groups excluding carboxylic acids is 2. The van der Waals surface area contributed by atoms with Crippen molar-refractivity contribution in [2.75, 3.05) is 13.2 Å². The van der Waals surface area contributed by atoms with Crippen LogP contribution >= 0.6 is 0 Å². The molecule has 0 aromatic heterocycles. The Balaban J connectivity index is 3.50. The molecule has 2 atom stereocenters. The number of aliphatic hydroxyl groups is 2. The van der Waals surface area contributed by atoms with Crippen molar-refractivity contribution in [3.63, 3.8) is 0 Å². The summed E-state index contributed by atoms with van der Waals surface area (Å²) in [5.41, 5.74) is 0. The Morgan fingerprint density at radius 2 is 0.887 bits per heavy atom. The Bertz CT molecular complexity index is 828. The number of unbranched alkanes of at least 4 members (excludes halogenated alkanes) is 29. The lowest BCUT2D eigenvalue weighted by molar-refractivity contribution is -0.143. The van der Waals surface area contributed by atoms with Gasteiger partial charge in [0.25, 0.3) is 0 Å². The molecule has 3 N–H and O–H groups in total. The van der Waals surface area contributed by atoms with Crippen molar-refractivity contribution in [2.45, 2.75) is 251 Å². The minimum absolute atomic E-state index is 0.0293. The Morgan fingerprint density at radius 3 is 1.34 bits per heavy atom. The minimum atomic E-state index is -0.857. The maximum atomic E-state index is 12.3. The van der Waals surface area contributed by atoms with Gasteiger partial charge in [0.15, 0.2) is 0 Å². The molecule has 312 valence electrons. The van der Waals surface area contributed by atoms with Gasteiger partial charge in [-0.3, -0.25) is 9.59 Å². The zero-order valence-corrected chi connectivity index (χ0v) is 35.2. The molecule has 0 fully saturated rings. The van der Waals surface area contributed by atoms with Crippen molar-refractivity contribution >= 4 is 11.9 Å². The van der Waals surface area contributed by atoms with Crippen LogP contribution < -0.4 is 5.32 Å². The van der Waals surface area contributed by atoms with Gasteiger partial charge in [0.2, 0.25) is 5.91 Å². The highest BCUT2D eigenvalue weighted by Gasteiger charge is 2.18. The van der Waals surface area contributed by atoms with Crippen LogP contribution in [-0.2, 0) is 14.3 Å². The molecular formula is C47H89NO5. The summed E-state index contributed by atoms with van der Waals surface area (Å²) in [4.78, 5) is 24.4. The molecule has 1 amide bonds. The number of amides is 1. The molecule has 0 saturated carbocycles. The summed E-state index contributed by atoms with van der Waals surface area (Å²) in [7, 11) is 0. The summed E-state index contributed by atoms with van der Waals surface area (Å²) in [5.74, 6) is -0.123. The van der Waals surface area contributed by atoms with Gasteiger partial charge in [-0.2, -0.15) is 0 Å². The molecule has 6 nitrogen and oxygen atoms in total. The van der Waals surface area contributed by atoms with Gasteiger partial charge in [-0.25, -0.2) is 0 Å². The van der Waals surface area contributed by atoms with Gasteiger partial charge in [0.1, 0.15) is 0 Å². The first-order valence-corrected chi connectivity index (χ1v) is 23.1. The number of nitrogens with one attached hydrogen (secondary N) is 1. The van der Waals surface area contributed by atoms with E-state index in [2.05, 4.69) is 31.3 Å². The van der Waals surface area contributed by atoms with Crippen molar-refractivity contribution in [1.82, 2.24) is 5.32 Å². The molecule has 0 heterocycles. The van der Waals surface area contributed by atoms with Crippen LogP contribution in [0.5, 0.6) is 0 Å². The Labute approximate surface area is 329 Å². The summed E-state index contributed by atoms with van der Waals surface area (Å²) in [6.07, 6.45) is 48.8. The molecule has 0 bridgehead atoms. The predicted octanol–water partition coefficient (Wildman–Crippen LogP) is 13.2. The summed E-state index contributed by atoms with van der Waals surface area (Å²) in [5, 5.41) is 22.9. The summed E-state index contributed by atoms with van der Waals surface area (Å²) in [6, 6.07) is -0.642. The zero-order valence-electron chi connectivity index (χ0n) is 35.2. The van der Waals surface area contributed by atoms with E-state index in [1.54, 1.807) is 6.08 Å². The highest BCUT2D eigenvalue weighted by atomic mass is 16.5. The highest BCUT2D eigenvalue weighted by molar-refractivity contribution is 5.76. The number of aliphatic hydroxyl groups excluding tert-OH is 2. The minimum Gasteiger partial charge on any atom is -0.466 e. The fourth-order valence-corrected chi connectivity index (χ4v) is 6.86. The highest BCUT2D eigenvalue weighted by Crippen LogP contribution is 2.14. The molecule has 0 aliphatic heterocycles. The van der Waals surface area contributed by atoms with Crippen molar-refractivity contribution in [2.24, 2.45) is 0 Å². The molecule has 0 aromatic rings. The first-order valence-electron chi connectivity index (χ1n) is 23.1. The van der Waals surface area contributed by atoms with Crippen LogP contribution in [0.25, 0.3) is 0 Å². The van der Waals surface area contributed by atoms with Gasteiger partial charge in [0, 0.05) is 12.8 Å². The Kier molecular flexibility index (Phi) is 41.7. The number of hydrogen-bond donors (Lipinski definition) is 3. The number of allylic oxidation sites excluding steroid dienone is 3. The van der Waals surface area contributed by atoms with Gasteiger partial charge in [-0.05, 0) is 57.8 Å². The Hall–Kier alpha value is -1.66. The molecular weight excluding hydrogens is 659 g/mol. The van der Waals surface area contributed by atoms with Crippen LogP contribution in [0.1, 0.15) is 239 Å².